The van der Waals surface area contributed by atoms with Gasteiger partial charge in [0.05, 0.1) is 14.7 Å². The topological polar surface area (TPSA) is 71.5 Å². The Hall–Kier alpha value is -1.41. The van der Waals surface area contributed by atoms with Gasteiger partial charge in [-0.05, 0) is 61.7 Å². The molecule has 0 amide bonds. The number of benzene rings is 2. The van der Waals surface area contributed by atoms with E-state index < -0.39 is 19.9 Å². The molecular weight excluding hydrogens is 382 g/mol. The minimum absolute atomic E-state index is 0.0433. The number of aryl methyl sites for hydroxylation is 1. The van der Waals surface area contributed by atoms with E-state index in [1.54, 1.807) is 6.92 Å². The van der Waals surface area contributed by atoms with Crippen LogP contribution in [0.3, 0.4) is 0 Å². The number of sulfonamides is 1. The Morgan fingerprint density at radius 2 is 1.44 bits per heavy atom. The number of hydrogen-bond donors (Lipinski definition) is 0. The first-order valence-corrected chi connectivity index (χ1v) is 11.1. The second-order valence-corrected chi connectivity index (χ2v) is 10.3. The van der Waals surface area contributed by atoms with E-state index in [0.29, 0.717) is 23.7 Å². The monoisotopic (exact) mass is 399 g/mol. The summed E-state index contributed by atoms with van der Waals surface area (Å²) in [5.74, 6) is 0. The van der Waals surface area contributed by atoms with Gasteiger partial charge in [-0.25, -0.2) is 16.8 Å². The van der Waals surface area contributed by atoms with Gasteiger partial charge in [0.1, 0.15) is 0 Å². The zero-order chi connectivity index (χ0) is 18.2. The molecule has 0 N–H and O–H groups in total. The molecule has 2 aromatic carbocycles. The Balaban J connectivity index is 2.09. The van der Waals surface area contributed by atoms with Crippen molar-refractivity contribution >= 4 is 31.5 Å². The first-order chi connectivity index (χ1) is 11.7. The molecule has 2 aromatic rings. The predicted octanol–water partition coefficient (Wildman–Crippen LogP) is 3.27. The predicted molar refractivity (Wildman–Crippen MR) is 96.1 cm³/mol. The van der Waals surface area contributed by atoms with Gasteiger partial charge in [-0.2, -0.15) is 4.31 Å². The Morgan fingerprint density at radius 1 is 0.880 bits per heavy atom. The molecule has 134 valence electrons. The molecule has 8 heteroatoms. The maximum absolute atomic E-state index is 12.8. The maximum atomic E-state index is 12.8. The van der Waals surface area contributed by atoms with Crippen LogP contribution in [0.25, 0.3) is 0 Å². The molecule has 0 atom stereocenters. The van der Waals surface area contributed by atoms with Crippen LogP contribution in [0.5, 0.6) is 0 Å². The SMILES string of the molecule is Cc1ccc(S(=O)(=O)c2ccc(Cl)cc2)cc1S(=O)(=O)N1CCCC1. The molecule has 1 fully saturated rings. The van der Waals surface area contributed by atoms with Crippen molar-refractivity contribution < 1.29 is 16.8 Å². The lowest BCUT2D eigenvalue weighted by molar-refractivity contribution is 0.477. The van der Waals surface area contributed by atoms with Crippen molar-refractivity contribution in [1.82, 2.24) is 4.31 Å². The number of halogens is 1. The van der Waals surface area contributed by atoms with Crippen molar-refractivity contribution in [3.8, 4) is 0 Å². The van der Waals surface area contributed by atoms with Crippen LogP contribution in [-0.2, 0) is 19.9 Å². The van der Waals surface area contributed by atoms with Crippen molar-refractivity contribution in [2.24, 2.45) is 0 Å². The highest BCUT2D eigenvalue weighted by molar-refractivity contribution is 7.91. The van der Waals surface area contributed by atoms with Gasteiger partial charge in [-0.3, -0.25) is 0 Å². The van der Waals surface area contributed by atoms with Crippen molar-refractivity contribution in [2.45, 2.75) is 34.5 Å². The third kappa shape index (κ3) is 3.46. The lowest BCUT2D eigenvalue weighted by atomic mass is 10.2. The van der Waals surface area contributed by atoms with Crippen molar-refractivity contribution in [2.75, 3.05) is 13.1 Å². The van der Waals surface area contributed by atoms with Crippen LogP contribution in [0, 0.1) is 6.92 Å². The number of hydrogen-bond acceptors (Lipinski definition) is 4. The van der Waals surface area contributed by atoms with Gasteiger partial charge >= 0.3 is 0 Å². The molecule has 0 radical (unpaired) electrons. The molecule has 0 aromatic heterocycles. The van der Waals surface area contributed by atoms with E-state index in [4.69, 9.17) is 11.6 Å². The van der Waals surface area contributed by atoms with Crippen LogP contribution in [0.2, 0.25) is 5.02 Å². The third-order valence-electron chi connectivity index (χ3n) is 4.28. The molecule has 1 heterocycles. The molecule has 1 saturated heterocycles. The number of nitrogens with zero attached hydrogens (tertiary/aromatic N) is 1. The molecule has 0 unspecified atom stereocenters. The third-order valence-corrected chi connectivity index (χ3v) is 8.34. The highest BCUT2D eigenvalue weighted by Crippen LogP contribution is 2.29. The molecule has 25 heavy (non-hydrogen) atoms. The van der Waals surface area contributed by atoms with E-state index in [1.807, 2.05) is 0 Å². The van der Waals surface area contributed by atoms with Gasteiger partial charge in [0, 0.05) is 18.1 Å². The van der Waals surface area contributed by atoms with Crippen LogP contribution in [0.4, 0.5) is 0 Å². The summed E-state index contributed by atoms with van der Waals surface area (Å²) in [5, 5.41) is 0.431. The normalized spacial score (nSPS) is 16.2. The summed E-state index contributed by atoms with van der Waals surface area (Å²) in [6, 6.07) is 10.0. The van der Waals surface area contributed by atoms with Gasteiger partial charge in [0.15, 0.2) is 0 Å². The smallest absolute Gasteiger partial charge is 0.219 e. The van der Waals surface area contributed by atoms with E-state index in [2.05, 4.69) is 0 Å². The molecule has 0 bridgehead atoms. The van der Waals surface area contributed by atoms with Crippen LogP contribution in [0.1, 0.15) is 18.4 Å². The van der Waals surface area contributed by atoms with E-state index in [0.717, 1.165) is 12.8 Å². The molecular formula is C17H18ClNO4S2. The summed E-state index contributed by atoms with van der Waals surface area (Å²) in [6.45, 7) is 2.60. The number of rotatable bonds is 4. The summed E-state index contributed by atoms with van der Waals surface area (Å²) in [6.07, 6.45) is 1.64. The van der Waals surface area contributed by atoms with Gasteiger partial charge in [0.25, 0.3) is 0 Å². The van der Waals surface area contributed by atoms with Gasteiger partial charge in [0.2, 0.25) is 19.9 Å². The fourth-order valence-electron chi connectivity index (χ4n) is 2.84. The molecule has 1 aliphatic rings. The highest BCUT2D eigenvalue weighted by atomic mass is 35.5. The Kier molecular flexibility index (Phi) is 4.94. The zero-order valence-corrected chi connectivity index (χ0v) is 16.0. The standard InChI is InChI=1S/C17H18ClNO4S2/c1-13-4-7-16(24(20,21)15-8-5-14(18)6-9-15)12-17(13)25(22,23)19-10-2-3-11-19/h4-9,12H,2-3,10-11H2,1H3. The summed E-state index contributed by atoms with van der Waals surface area (Å²) in [7, 11) is -7.51. The minimum Gasteiger partial charge on any atom is -0.219 e. The second-order valence-electron chi connectivity index (χ2n) is 6.00. The van der Waals surface area contributed by atoms with Crippen molar-refractivity contribution in [3.05, 3.63) is 53.1 Å². The Morgan fingerprint density at radius 3 is 2.04 bits per heavy atom. The van der Waals surface area contributed by atoms with Gasteiger partial charge in [-0.15, -0.1) is 0 Å². The van der Waals surface area contributed by atoms with Crippen LogP contribution < -0.4 is 0 Å². The number of sulfone groups is 1. The van der Waals surface area contributed by atoms with Crippen LogP contribution in [0.15, 0.2) is 57.2 Å². The fourth-order valence-corrected chi connectivity index (χ4v) is 6.10. The molecule has 0 spiro atoms. The second kappa shape index (κ2) is 6.72. The fraction of sp³-hybridized carbons (Fsp3) is 0.294. The summed E-state index contributed by atoms with van der Waals surface area (Å²) in [5.41, 5.74) is 0.530. The molecule has 0 aliphatic carbocycles. The lowest BCUT2D eigenvalue weighted by Gasteiger charge is -2.18. The maximum Gasteiger partial charge on any atom is 0.243 e. The summed E-state index contributed by atoms with van der Waals surface area (Å²) >= 11 is 5.81. The lowest BCUT2D eigenvalue weighted by Crippen LogP contribution is -2.28. The summed E-state index contributed by atoms with van der Waals surface area (Å²) in [4.78, 5) is 0.0768. The largest absolute Gasteiger partial charge is 0.243 e. The zero-order valence-electron chi connectivity index (χ0n) is 13.6. The average molecular weight is 400 g/mol. The van der Waals surface area contributed by atoms with E-state index in [9.17, 15) is 16.8 Å². The Labute approximate surface area is 153 Å². The van der Waals surface area contributed by atoms with E-state index in [1.165, 1.54) is 46.8 Å². The molecule has 3 rings (SSSR count). The minimum atomic E-state index is -3.82. The van der Waals surface area contributed by atoms with Crippen molar-refractivity contribution in [3.63, 3.8) is 0 Å². The molecule has 5 nitrogen and oxygen atoms in total. The first kappa shape index (κ1) is 18.4. The van der Waals surface area contributed by atoms with Crippen LogP contribution >= 0.6 is 11.6 Å². The first-order valence-electron chi connectivity index (χ1n) is 7.84. The van der Waals surface area contributed by atoms with E-state index >= 15 is 0 Å². The highest BCUT2D eigenvalue weighted by Gasteiger charge is 2.30. The van der Waals surface area contributed by atoms with Gasteiger partial charge in [-0.1, -0.05) is 17.7 Å². The Bertz CT molecular complexity index is 993. The van der Waals surface area contributed by atoms with Crippen molar-refractivity contribution in [1.29, 1.82) is 0 Å². The average Bonchev–Trinajstić information content (AvgIpc) is 3.10. The molecule has 1 aliphatic heterocycles. The summed E-state index contributed by atoms with van der Waals surface area (Å²) < 4.78 is 52.7. The quantitative estimate of drug-likeness (QED) is 0.791. The van der Waals surface area contributed by atoms with Gasteiger partial charge < -0.3 is 0 Å². The van der Waals surface area contributed by atoms with E-state index in [-0.39, 0.29) is 14.7 Å². The van der Waals surface area contributed by atoms with Crippen LogP contribution in [-0.4, -0.2) is 34.2 Å². The molecule has 0 saturated carbocycles.